The van der Waals surface area contributed by atoms with Gasteiger partial charge in [-0.05, 0) is 25.5 Å². The second-order valence-corrected chi connectivity index (χ2v) is 5.06. The lowest BCUT2D eigenvalue weighted by Gasteiger charge is -2.23. The van der Waals surface area contributed by atoms with E-state index >= 15 is 0 Å². The molecule has 1 aromatic carbocycles. The highest BCUT2D eigenvalue weighted by Gasteiger charge is 2.25. The predicted octanol–water partition coefficient (Wildman–Crippen LogP) is 1.46. The summed E-state index contributed by atoms with van der Waals surface area (Å²) in [6, 6.07) is 6.99. The Morgan fingerprint density at radius 1 is 1.45 bits per heavy atom. The first-order chi connectivity index (χ1) is 9.58. The Morgan fingerprint density at radius 3 is 2.95 bits per heavy atom. The standard InChI is InChI=1S/C14H17ClN2O3/c1-10(20-12-6-3-2-5-11(12)15)14(19)17-8-4-7-16-13(18)9-17/h2-3,5-6,10H,4,7-9H2,1H3,(H,16,18). The average Bonchev–Trinajstić information content (AvgIpc) is 2.65. The fourth-order valence-electron chi connectivity index (χ4n) is 2.03. The third-order valence-electron chi connectivity index (χ3n) is 3.06. The van der Waals surface area contributed by atoms with Crippen LogP contribution in [-0.4, -0.2) is 42.5 Å². The van der Waals surface area contributed by atoms with Crippen molar-refractivity contribution in [2.45, 2.75) is 19.4 Å². The second kappa shape index (κ2) is 6.61. The summed E-state index contributed by atoms with van der Waals surface area (Å²) >= 11 is 5.99. The molecule has 1 fully saturated rings. The lowest BCUT2D eigenvalue weighted by molar-refractivity contribution is -0.140. The lowest BCUT2D eigenvalue weighted by atomic mass is 10.3. The SMILES string of the molecule is CC(Oc1ccccc1Cl)C(=O)N1CCCNC(=O)C1. The summed E-state index contributed by atoms with van der Waals surface area (Å²) in [5, 5.41) is 3.19. The topological polar surface area (TPSA) is 58.6 Å². The minimum Gasteiger partial charge on any atom is -0.479 e. The number of carbonyl (C=O) groups is 2. The third-order valence-corrected chi connectivity index (χ3v) is 3.37. The van der Waals surface area contributed by atoms with Crippen LogP contribution < -0.4 is 10.1 Å². The number of nitrogens with one attached hydrogen (secondary N) is 1. The van der Waals surface area contributed by atoms with E-state index in [1.807, 2.05) is 0 Å². The highest BCUT2D eigenvalue weighted by molar-refractivity contribution is 6.32. The number of para-hydroxylation sites is 1. The van der Waals surface area contributed by atoms with Crippen LogP contribution in [-0.2, 0) is 9.59 Å². The molecular formula is C14H17ClN2O3. The minimum absolute atomic E-state index is 0.0784. The van der Waals surface area contributed by atoms with Gasteiger partial charge in [-0.15, -0.1) is 0 Å². The van der Waals surface area contributed by atoms with Crippen molar-refractivity contribution in [2.24, 2.45) is 0 Å². The third kappa shape index (κ3) is 3.63. The van der Waals surface area contributed by atoms with E-state index in [1.54, 1.807) is 31.2 Å². The predicted molar refractivity (Wildman–Crippen MR) is 75.7 cm³/mol. The van der Waals surface area contributed by atoms with Crippen molar-refractivity contribution in [1.82, 2.24) is 10.2 Å². The zero-order valence-electron chi connectivity index (χ0n) is 11.3. The molecule has 1 aliphatic rings. The van der Waals surface area contributed by atoms with Crippen LogP contribution in [0.25, 0.3) is 0 Å². The van der Waals surface area contributed by atoms with Gasteiger partial charge in [0.1, 0.15) is 5.75 Å². The van der Waals surface area contributed by atoms with E-state index in [4.69, 9.17) is 16.3 Å². The van der Waals surface area contributed by atoms with E-state index in [0.717, 1.165) is 6.42 Å². The highest BCUT2D eigenvalue weighted by Crippen LogP contribution is 2.24. The Bertz CT molecular complexity index is 507. The van der Waals surface area contributed by atoms with Crippen LogP contribution >= 0.6 is 11.6 Å². The molecule has 2 rings (SSSR count). The van der Waals surface area contributed by atoms with Crippen LogP contribution in [0.3, 0.4) is 0 Å². The molecule has 6 heteroatoms. The van der Waals surface area contributed by atoms with Gasteiger partial charge in [-0.25, -0.2) is 0 Å². The molecule has 1 aliphatic heterocycles. The summed E-state index contributed by atoms with van der Waals surface area (Å²) in [6.45, 7) is 2.89. The zero-order chi connectivity index (χ0) is 14.5. The molecule has 0 aliphatic carbocycles. The number of hydrogen-bond acceptors (Lipinski definition) is 3. The van der Waals surface area contributed by atoms with Crippen molar-refractivity contribution in [3.63, 3.8) is 0 Å². The number of hydrogen-bond donors (Lipinski definition) is 1. The minimum atomic E-state index is -0.680. The number of nitrogens with zero attached hydrogens (tertiary/aromatic N) is 1. The van der Waals surface area contributed by atoms with Crippen molar-refractivity contribution < 1.29 is 14.3 Å². The van der Waals surface area contributed by atoms with Gasteiger partial charge in [-0.1, -0.05) is 23.7 Å². The largest absolute Gasteiger partial charge is 0.479 e. The maximum atomic E-state index is 12.3. The number of benzene rings is 1. The van der Waals surface area contributed by atoms with Crippen molar-refractivity contribution in [2.75, 3.05) is 19.6 Å². The fourth-order valence-corrected chi connectivity index (χ4v) is 2.21. The molecule has 5 nitrogen and oxygen atoms in total. The molecular weight excluding hydrogens is 280 g/mol. The van der Waals surface area contributed by atoms with Gasteiger partial charge in [0.25, 0.3) is 5.91 Å². The number of rotatable bonds is 3. The van der Waals surface area contributed by atoms with E-state index in [0.29, 0.717) is 23.9 Å². The van der Waals surface area contributed by atoms with Crippen molar-refractivity contribution in [3.05, 3.63) is 29.3 Å². The molecule has 20 heavy (non-hydrogen) atoms. The fraction of sp³-hybridized carbons (Fsp3) is 0.429. The zero-order valence-corrected chi connectivity index (χ0v) is 12.0. The molecule has 1 saturated heterocycles. The molecule has 0 saturated carbocycles. The Hall–Kier alpha value is -1.75. The maximum Gasteiger partial charge on any atom is 0.263 e. The highest BCUT2D eigenvalue weighted by atomic mass is 35.5. The molecule has 1 unspecified atom stereocenters. The molecule has 1 heterocycles. The second-order valence-electron chi connectivity index (χ2n) is 4.65. The van der Waals surface area contributed by atoms with Crippen LogP contribution in [0.2, 0.25) is 5.02 Å². The molecule has 1 aromatic rings. The molecule has 0 radical (unpaired) electrons. The first-order valence-corrected chi connectivity index (χ1v) is 6.92. The summed E-state index contributed by atoms with van der Waals surface area (Å²) in [5.41, 5.74) is 0. The number of amides is 2. The van der Waals surface area contributed by atoms with Crippen molar-refractivity contribution in [3.8, 4) is 5.75 Å². The van der Waals surface area contributed by atoms with E-state index in [9.17, 15) is 9.59 Å². The van der Waals surface area contributed by atoms with Crippen LogP contribution in [0, 0.1) is 0 Å². The Morgan fingerprint density at radius 2 is 2.20 bits per heavy atom. The summed E-state index contributed by atoms with van der Waals surface area (Å²) in [5.74, 6) is 0.122. The molecule has 2 amide bonds. The van der Waals surface area contributed by atoms with Crippen LogP contribution in [0.1, 0.15) is 13.3 Å². The van der Waals surface area contributed by atoms with E-state index in [-0.39, 0.29) is 18.4 Å². The Labute approximate surface area is 122 Å². The normalized spacial score (nSPS) is 17.1. The van der Waals surface area contributed by atoms with E-state index in [2.05, 4.69) is 5.32 Å². The summed E-state index contributed by atoms with van der Waals surface area (Å²) < 4.78 is 5.58. The summed E-state index contributed by atoms with van der Waals surface area (Å²) in [7, 11) is 0. The maximum absolute atomic E-state index is 12.3. The summed E-state index contributed by atoms with van der Waals surface area (Å²) in [4.78, 5) is 25.3. The Balaban J connectivity index is 2.01. The molecule has 1 atom stereocenters. The van der Waals surface area contributed by atoms with Crippen LogP contribution in [0.15, 0.2) is 24.3 Å². The van der Waals surface area contributed by atoms with Gasteiger partial charge in [-0.3, -0.25) is 9.59 Å². The first kappa shape index (κ1) is 14.7. The van der Waals surface area contributed by atoms with Gasteiger partial charge >= 0.3 is 0 Å². The van der Waals surface area contributed by atoms with Crippen molar-refractivity contribution >= 4 is 23.4 Å². The van der Waals surface area contributed by atoms with E-state index in [1.165, 1.54) is 4.90 Å². The number of ether oxygens (including phenoxy) is 1. The molecule has 0 spiro atoms. The quantitative estimate of drug-likeness (QED) is 0.918. The van der Waals surface area contributed by atoms with Gasteiger partial charge in [0, 0.05) is 13.1 Å². The number of halogens is 1. The van der Waals surface area contributed by atoms with Gasteiger partial charge in [0.15, 0.2) is 6.10 Å². The Kier molecular flexibility index (Phi) is 4.84. The van der Waals surface area contributed by atoms with Crippen LogP contribution in [0.4, 0.5) is 0 Å². The monoisotopic (exact) mass is 296 g/mol. The van der Waals surface area contributed by atoms with Gasteiger partial charge in [-0.2, -0.15) is 0 Å². The number of carbonyl (C=O) groups excluding carboxylic acids is 2. The van der Waals surface area contributed by atoms with Crippen LogP contribution in [0.5, 0.6) is 5.75 Å². The molecule has 0 aromatic heterocycles. The average molecular weight is 297 g/mol. The molecule has 1 N–H and O–H groups in total. The van der Waals surface area contributed by atoms with Gasteiger partial charge in [0.2, 0.25) is 5.91 Å². The molecule has 0 bridgehead atoms. The summed E-state index contributed by atoms with van der Waals surface area (Å²) in [6.07, 6.45) is 0.0665. The van der Waals surface area contributed by atoms with Gasteiger partial charge < -0.3 is 15.0 Å². The van der Waals surface area contributed by atoms with Gasteiger partial charge in [0.05, 0.1) is 11.6 Å². The first-order valence-electron chi connectivity index (χ1n) is 6.54. The van der Waals surface area contributed by atoms with E-state index < -0.39 is 6.10 Å². The smallest absolute Gasteiger partial charge is 0.263 e. The lowest BCUT2D eigenvalue weighted by Crippen LogP contribution is -2.43. The van der Waals surface area contributed by atoms with Crippen molar-refractivity contribution in [1.29, 1.82) is 0 Å². The molecule has 108 valence electrons.